The highest BCUT2D eigenvalue weighted by atomic mass is 14.9. The van der Waals surface area contributed by atoms with E-state index < -0.39 is 0 Å². The molecule has 0 spiro atoms. The van der Waals surface area contributed by atoms with Crippen molar-refractivity contribution in [1.29, 1.82) is 0 Å². The first kappa shape index (κ1) is 31.1. The summed E-state index contributed by atoms with van der Waals surface area (Å²) in [6.45, 7) is 4.61. The standard InChI is InChI=1S/C51H36N2/c1-51(2)46-28-11-10-27-44(46)49-47(51)48(52-50(53-49)40-23-14-18-34(31-40)33-15-4-3-5-16-33)39-22-13-20-36(30-39)35-19-12-21-37(29-35)45-32-38-17-6-7-24-41(38)42-25-8-9-26-43(42)45/h3-32H,1-2H3. The van der Waals surface area contributed by atoms with Crippen LogP contribution in [0.25, 0.3) is 88.8 Å². The van der Waals surface area contributed by atoms with Crippen LogP contribution in [0.15, 0.2) is 182 Å². The van der Waals surface area contributed by atoms with Crippen LogP contribution in [0.5, 0.6) is 0 Å². The fourth-order valence-corrected chi connectivity index (χ4v) is 8.43. The number of nitrogens with zero attached hydrogens (tertiary/aromatic N) is 2. The van der Waals surface area contributed by atoms with Crippen molar-refractivity contribution in [3.63, 3.8) is 0 Å². The van der Waals surface area contributed by atoms with Gasteiger partial charge in [0.05, 0.1) is 11.4 Å². The molecule has 0 bridgehead atoms. The highest BCUT2D eigenvalue weighted by molar-refractivity contribution is 6.13. The number of aromatic nitrogens is 2. The minimum atomic E-state index is -0.265. The van der Waals surface area contributed by atoms with E-state index in [1.165, 1.54) is 60.5 Å². The number of hydrogen-bond acceptors (Lipinski definition) is 2. The van der Waals surface area contributed by atoms with Crippen LogP contribution in [0.2, 0.25) is 0 Å². The number of rotatable bonds is 5. The molecule has 53 heavy (non-hydrogen) atoms. The summed E-state index contributed by atoms with van der Waals surface area (Å²) >= 11 is 0. The lowest BCUT2D eigenvalue weighted by molar-refractivity contribution is 0.658. The summed E-state index contributed by atoms with van der Waals surface area (Å²) in [6, 6.07) is 65.5. The summed E-state index contributed by atoms with van der Waals surface area (Å²) in [5, 5.41) is 5.07. The van der Waals surface area contributed by atoms with Crippen molar-refractivity contribution in [3.05, 3.63) is 193 Å². The lowest BCUT2D eigenvalue weighted by Gasteiger charge is -2.24. The van der Waals surface area contributed by atoms with Crippen molar-refractivity contribution in [2.24, 2.45) is 0 Å². The van der Waals surface area contributed by atoms with Gasteiger partial charge in [0.25, 0.3) is 0 Å². The van der Waals surface area contributed by atoms with Gasteiger partial charge in [0.1, 0.15) is 0 Å². The van der Waals surface area contributed by atoms with E-state index in [0.29, 0.717) is 0 Å². The Kier molecular flexibility index (Phi) is 7.19. The summed E-state index contributed by atoms with van der Waals surface area (Å²) in [4.78, 5) is 10.8. The molecule has 1 aliphatic rings. The van der Waals surface area contributed by atoms with Crippen molar-refractivity contribution in [1.82, 2.24) is 9.97 Å². The van der Waals surface area contributed by atoms with E-state index >= 15 is 0 Å². The zero-order valence-electron chi connectivity index (χ0n) is 29.7. The van der Waals surface area contributed by atoms with Gasteiger partial charge >= 0.3 is 0 Å². The first-order valence-corrected chi connectivity index (χ1v) is 18.3. The van der Waals surface area contributed by atoms with Crippen LogP contribution >= 0.6 is 0 Å². The summed E-state index contributed by atoms with van der Waals surface area (Å²) in [5.41, 5.74) is 14.6. The van der Waals surface area contributed by atoms with Gasteiger partial charge in [-0.15, -0.1) is 0 Å². The molecule has 10 rings (SSSR count). The maximum absolute atomic E-state index is 5.45. The van der Waals surface area contributed by atoms with E-state index in [-0.39, 0.29) is 5.41 Å². The van der Waals surface area contributed by atoms with Gasteiger partial charge in [0, 0.05) is 27.7 Å². The Bertz CT molecular complexity index is 2870. The summed E-state index contributed by atoms with van der Waals surface area (Å²) in [5.74, 6) is 0.736. The smallest absolute Gasteiger partial charge is 0.160 e. The molecule has 2 nitrogen and oxygen atoms in total. The third-order valence-electron chi connectivity index (χ3n) is 11.0. The van der Waals surface area contributed by atoms with Gasteiger partial charge in [0.15, 0.2) is 5.82 Å². The molecule has 0 aliphatic heterocycles. The normalized spacial score (nSPS) is 12.9. The van der Waals surface area contributed by atoms with Crippen LogP contribution in [0, 0.1) is 0 Å². The molecule has 9 aromatic rings. The fourth-order valence-electron chi connectivity index (χ4n) is 8.43. The molecule has 0 saturated heterocycles. The van der Waals surface area contributed by atoms with Crippen molar-refractivity contribution in [2.75, 3.05) is 0 Å². The van der Waals surface area contributed by atoms with Gasteiger partial charge in [-0.05, 0) is 84.8 Å². The molecule has 1 aromatic heterocycles. The first-order valence-electron chi connectivity index (χ1n) is 18.3. The van der Waals surface area contributed by atoms with Crippen molar-refractivity contribution < 1.29 is 0 Å². The first-order chi connectivity index (χ1) is 26.0. The Balaban J connectivity index is 1.13. The Morgan fingerprint density at radius 2 is 0.887 bits per heavy atom. The van der Waals surface area contributed by atoms with Gasteiger partial charge in [-0.1, -0.05) is 172 Å². The SMILES string of the molecule is CC1(C)c2ccccc2-c2nc(-c3cccc(-c4ccccc4)c3)nc(-c3cccc(-c4cccc(-c5cc6ccccc6c6ccccc56)c4)c3)c21. The lowest BCUT2D eigenvalue weighted by atomic mass is 9.80. The minimum Gasteiger partial charge on any atom is -0.228 e. The van der Waals surface area contributed by atoms with Crippen LogP contribution in [0.4, 0.5) is 0 Å². The van der Waals surface area contributed by atoms with Gasteiger partial charge in [-0.25, -0.2) is 9.97 Å². The highest BCUT2D eigenvalue weighted by Gasteiger charge is 2.40. The summed E-state index contributed by atoms with van der Waals surface area (Å²) < 4.78 is 0. The molecule has 0 unspecified atom stereocenters. The second-order valence-corrected chi connectivity index (χ2v) is 14.6. The average Bonchev–Trinajstić information content (AvgIpc) is 3.46. The lowest BCUT2D eigenvalue weighted by Crippen LogP contribution is -2.17. The van der Waals surface area contributed by atoms with Crippen molar-refractivity contribution >= 4 is 21.5 Å². The molecule has 2 heteroatoms. The third-order valence-corrected chi connectivity index (χ3v) is 11.0. The molecule has 0 atom stereocenters. The molecule has 0 amide bonds. The minimum absolute atomic E-state index is 0.265. The van der Waals surface area contributed by atoms with Crippen LogP contribution in [0.1, 0.15) is 25.0 Å². The van der Waals surface area contributed by atoms with Crippen LogP contribution in [-0.2, 0) is 5.41 Å². The second kappa shape index (κ2) is 12.3. The van der Waals surface area contributed by atoms with Crippen molar-refractivity contribution in [2.45, 2.75) is 19.3 Å². The van der Waals surface area contributed by atoms with Gasteiger partial charge in [0.2, 0.25) is 0 Å². The fraction of sp³-hybridized carbons (Fsp3) is 0.0588. The molecule has 1 heterocycles. The van der Waals surface area contributed by atoms with E-state index in [1.54, 1.807) is 0 Å². The predicted molar refractivity (Wildman–Crippen MR) is 222 cm³/mol. The monoisotopic (exact) mass is 676 g/mol. The average molecular weight is 677 g/mol. The predicted octanol–water partition coefficient (Wildman–Crippen LogP) is 13.4. The van der Waals surface area contributed by atoms with Gasteiger partial charge < -0.3 is 0 Å². The topological polar surface area (TPSA) is 25.8 Å². The molecule has 0 fully saturated rings. The van der Waals surface area contributed by atoms with Crippen LogP contribution in [-0.4, -0.2) is 9.97 Å². The Hall–Kier alpha value is -6.64. The van der Waals surface area contributed by atoms with Gasteiger partial charge in [-0.3, -0.25) is 0 Å². The van der Waals surface area contributed by atoms with Crippen LogP contribution in [0.3, 0.4) is 0 Å². The van der Waals surface area contributed by atoms with E-state index in [0.717, 1.165) is 39.5 Å². The Morgan fingerprint density at radius 1 is 0.358 bits per heavy atom. The largest absolute Gasteiger partial charge is 0.228 e. The molecular weight excluding hydrogens is 641 g/mol. The molecule has 0 saturated carbocycles. The van der Waals surface area contributed by atoms with Gasteiger partial charge in [-0.2, -0.15) is 0 Å². The number of hydrogen-bond donors (Lipinski definition) is 0. The Labute approximate surface area is 310 Å². The molecule has 0 N–H and O–H groups in total. The van der Waals surface area contributed by atoms with Crippen LogP contribution < -0.4 is 0 Å². The molecule has 0 radical (unpaired) electrons. The molecule has 250 valence electrons. The molecule has 1 aliphatic carbocycles. The second-order valence-electron chi connectivity index (χ2n) is 14.6. The Morgan fingerprint density at radius 3 is 1.68 bits per heavy atom. The quantitative estimate of drug-likeness (QED) is 0.170. The number of fused-ring (bicyclic) bond motifs is 6. The van der Waals surface area contributed by atoms with Crippen molar-refractivity contribution in [3.8, 4) is 67.3 Å². The highest BCUT2D eigenvalue weighted by Crippen LogP contribution is 2.51. The summed E-state index contributed by atoms with van der Waals surface area (Å²) in [7, 11) is 0. The zero-order valence-corrected chi connectivity index (χ0v) is 29.7. The molecular formula is C51H36N2. The van der Waals surface area contributed by atoms with E-state index in [2.05, 4.69) is 196 Å². The zero-order chi connectivity index (χ0) is 35.5. The number of benzene rings is 8. The maximum Gasteiger partial charge on any atom is 0.160 e. The maximum atomic E-state index is 5.45. The third kappa shape index (κ3) is 5.18. The summed E-state index contributed by atoms with van der Waals surface area (Å²) in [6.07, 6.45) is 0. The van der Waals surface area contributed by atoms with E-state index in [4.69, 9.17) is 9.97 Å². The van der Waals surface area contributed by atoms with E-state index in [1.807, 2.05) is 0 Å². The van der Waals surface area contributed by atoms with E-state index in [9.17, 15) is 0 Å². The molecule has 8 aromatic carbocycles.